The average Bonchev–Trinajstić information content (AvgIpc) is 3.08. The largest absolute Gasteiger partial charge is 0.367 e. The maximum Gasteiger partial charge on any atom is 0.177 e. The second-order valence-corrected chi connectivity index (χ2v) is 7.13. The standard InChI is InChI=1S/C12H16BrNO2S/c1-17(15,16)12-5-3-2-4-11(12)14(9-8-13)10-6-7-10/h2-5,10H,6-9H2,1H3. The Hall–Kier alpha value is -0.550. The van der Waals surface area contributed by atoms with Gasteiger partial charge in [0.25, 0.3) is 0 Å². The van der Waals surface area contributed by atoms with Gasteiger partial charge >= 0.3 is 0 Å². The first kappa shape index (κ1) is 12.9. The van der Waals surface area contributed by atoms with E-state index < -0.39 is 9.84 Å². The minimum Gasteiger partial charge on any atom is -0.367 e. The van der Waals surface area contributed by atoms with Gasteiger partial charge in [-0.2, -0.15) is 0 Å². The van der Waals surface area contributed by atoms with Gasteiger partial charge in [-0.3, -0.25) is 0 Å². The monoisotopic (exact) mass is 317 g/mol. The Morgan fingerprint density at radius 2 is 2.00 bits per heavy atom. The minimum atomic E-state index is -3.16. The lowest BCUT2D eigenvalue weighted by Gasteiger charge is -2.25. The van der Waals surface area contributed by atoms with Crippen LogP contribution in [0.5, 0.6) is 0 Å². The van der Waals surface area contributed by atoms with E-state index in [0.717, 1.165) is 30.4 Å². The molecule has 0 spiro atoms. The lowest BCUT2D eigenvalue weighted by atomic mass is 10.3. The van der Waals surface area contributed by atoms with Crippen LogP contribution in [0, 0.1) is 0 Å². The van der Waals surface area contributed by atoms with E-state index in [0.29, 0.717) is 10.9 Å². The number of sulfone groups is 1. The summed E-state index contributed by atoms with van der Waals surface area (Å²) in [6, 6.07) is 7.77. The van der Waals surface area contributed by atoms with E-state index in [9.17, 15) is 8.42 Å². The highest BCUT2D eigenvalue weighted by molar-refractivity contribution is 9.09. The summed E-state index contributed by atoms with van der Waals surface area (Å²) in [5.41, 5.74) is 0.844. The quantitative estimate of drug-likeness (QED) is 0.783. The van der Waals surface area contributed by atoms with Crippen LogP contribution in [0.1, 0.15) is 12.8 Å². The SMILES string of the molecule is CS(=O)(=O)c1ccccc1N(CCBr)C1CC1. The molecule has 0 saturated heterocycles. The van der Waals surface area contributed by atoms with E-state index in [1.54, 1.807) is 12.1 Å². The number of alkyl halides is 1. The number of para-hydroxylation sites is 1. The van der Waals surface area contributed by atoms with Crippen molar-refractivity contribution < 1.29 is 8.42 Å². The zero-order valence-electron chi connectivity index (χ0n) is 9.77. The van der Waals surface area contributed by atoms with E-state index in [1.807, 2.05) is 12.1 Å². The van der Waals surface area contributed by atoms with Crippen LogP contribution < -0.4 is 4.90 Å². The van der Waals surface area contributed by atoms with E-state index in [4.69, 9.17) is 0 Å². The Labute approximate surface area is 111 Å². The molecule has 0 atom stereocenters. The van der Waals surface area contributed by atoms with Crippen LogP contribution in [0.4, 0.5) is 5.69 Å². The number of rotatable bonds is 5. The van der Waals surface area contributed by atoms with Gasteiger partial charge in [-0.25, -0.2) is 8.42 Å². The lowest BCUT2D eigenvalue weighted by molar-refractivity contribution is 0.601. The Balaban J connectivity index is 2.42. The van der Waals surface area contributed by atoms with Crippen LogP contribution in [0.25, 0.3) is 0 Å². The topological polar surface area (TPSA) is 37.4 Å². The molecular formula is C12H16BrNO2S. The Bertz CT molecular complexity index is 497. The first-order valence-corrected chi connectivity index (χ1v) is 8.67. The van der Waals surface area contributed by atoms with Crippen molar-refractivity contribution in [2.45, 2.75) is 23.8 Å². The minimum absolute atomic E-state index is 0.438. The summed E-state index contributed by atoms with van der Waals surface area (Å²) in [6.07, 6.45) is 3.58. The fourth-order valence-electron chi connectivity index (χ4n) is 1.98. The number of benzene rings is 1. The molecule has 0 N–H and O–H groups in total. The summed E-state index contributed by atoms with van der Waals surface area (Å²) in [4.78, 5) is 2.64. The molecule has 1 aliphatic rings. The summed E-state index contributed by atoms with van der Waals surface area (Å²) in [5.74, 6) is 0. The summed E-state index contributed by atoms with van der Waals surface area (Å²) >= 11 is 3.43. The van der Waals surface area contributed by atoms with Crippen LogP contribution in [0.2, 0.25) is 0 Å². The predicted molar refractivity (Wildman–Crippen MR) is 73.7 cm³/mol. The first-order valence-electron chi connectivity index (χ1n) is 5.65. The van der Waals surface area contributed by atoms with Gasteiger partial charge in [0.05, 0.1) is 10.6 Å². The fourth-order valence-corrected chi connectivity index (χ4v) is 3.26. The molecule has 0 aliphatic heterocycles. The van der Waals surface area contributed by atoms with Gasteiger partial charge in [0.15, 0.2) is 9.84 Å². The van der Waals surface area contributed by atoms with Crippen molar-refractivity contribution in [1.82, 2.24) is 0 Å². The van der Waals surface area contributed by atoms with Gasteiger partial charge in [0, 0.05) is 24.2 Å². The van der Waals surface area contributed by atoms with Crippen molar-refractivity contribution in [2.24, 2.45) is 0 Å². The molecule has 0 radical (unpaired) electrons. The lowest BCUT2D eigenvalue weighted by Crippen LogP contribution is -2.29. The number of anilines is 1. The van der Waals surface area contributed by atoms with Gasteiger partial charge in [0.1, 0.15) is 0 Å². The molecule has 17 heavy (non-hydrogen) atoms. The molecule has 1 aliphatic carbocycles. The van der Waals surface area contributed by atoms with Crippen LogP contribution in [0.3, 0.4) is 0 Å². The molecule has 0 unspecified atom stereocenters. The van der Waals surface area contributed by atoms with Crippen LogP contribution in [0.15, 0.2) is 29.2 Å². The van der Waals surface area contributed by atoms with E-state index in [2.05, 4.69) is 20.8 Å². The third kappa shape index (κ3) is 3.01. The number of nitrogens with zero attached hydrogens (tertiary/aromatic N) is 1. The van der Waals surface area contributed by atoms with E-state index >= 15 is 0 Å². The van der Waals surface area contributed by atoms with E-state index in [1.165, 1.54) is 6.26 Å². The van der Waals surface area contributed by atoms with Crippen molar-refractivity contribution in [1.29, 1.82) is 0 Å². The average molecular weight is 318 g/mol. The molecular weight excluding hydrogens is 302 g/mol. The fraction of sp³-hybridized carbons (Fsp3) is 0.500. The van der Waals surface area contributed by atoms with Gasteiger partial charge in [0.2, 0.25) is 0 Å². The Morgan fingerprint density at radius 3 is 2.53 bits per heavy atom. The highest BCUT2D eigenvalue weighted by Crippen LogP contribution is 2.35. The molecule has 1 aromatic rings. The third-order valence-corrected chi connectivity index (χ3v) is 4.39. The van der Waals surface area contributed by atoms with Crippen molar-refractivity contribution in [3.05, 3.63) is 24.3 Å². The Morgan fingerprint density at radius 1 is 1.35 bits per heavy atom. The van der Waals surface area contributed by atoms with Crippen LogP contribution in [-0.2, 0) is 9.84 Å². The van der Waals surface area contributed by atoms with E-state index in [-0.39, 0.29) is 0 Å². The Kier molecular flexibility index (Phi) is 3.78. The highest BCUT2D eigenvalue weighted by Gasteiger charge is 2.31. The summed E-state index contributed by atoms with van der Waals surface area (Å²) < 4.78 is 23.5. The summed E-state index contributed by atoms with van der Waals surface area (Å²) in [7, 11) is -3.16. The first-order chi connectivity index (χ1) is 8.04. The predicted octanol–water partition coefficient (Wildman–Crippen LogP) is 2.45. The van der Waals surface area contributed by atoms with Crippen LogP contribution >= 0.6 is 15.9 Å². The van der Waals surface area contributed by atoms with Crippen molar-refractivity contribution in [2.75, 3.05) is 23.0 Å². The molecule has 1 saturated carbocycles. The van der Waals surface area contributed by atoms with Crippen molar-refractivity contribution >= 4 is 31.5 Å². The zero-order chi connectivity index (χ0) is 12.5. The maximum atomic E-state index is 11.8. The molecule has 1 fully saturated rings. The van der Waals surface area contributed by atoms with Gasteiger partial charge in [-0.1, -0.05) is 28.1 Å². The molecule has 94 valence electrons. The third-order valence-electron chi connectivity index (χ3n) is 2.89. The smallest absolute Gasteiger partial charge is 0.177 e. The number of hydrogen-bond acceptors (Lipinski definition) is 3. The molecule has 0 amide bonds. The molecule has 3 nitrogen and oxygen atoms in total. The number of hydrogen-bond donors (Lipinski definition) is 0. The second kappa shape index (κ2) is 4.98. The summed E-state index contributed by atoms with van der Waals surface area (Å²) in [6.45, 7) is 0.844. The summed E-state index contributed by atoms with van der Waals surface area (Å²) in [5, 5.41) is 0.849. The second-order valence-electron chi connectivity index (χ2n) is 4.35. The molecule has 0 aromatic heterocycles. The molecule has 0 bridgehead atoms. The van der Waals surface area contributed by atoms with Gasteiger partial charge in [-0.15, -0.1) is 0 Å². The normalized spacial score (nSPS) is 15.9. The van der Waals surface area contributed by atoms with Crippen LogP contribution in [-0.4, -0.2) is 32.6 Å². The molecule has 2 rings (SSSR count). The highest BCUT2D eigenvalue weighted by atomic mass is 79.9. The zero-order valence-corrected chi connectivity index (χ0v) is 12.2. The molecule has 1 aromatic carbocycles. The van der Waals surface area contributed by atoms with Gasteiger partial charge < -0.3 is 4.90 Å². The number of halogens is 1. The molecule has 0 heterocycles. The van der Waals surface area contributed by atoms with Crippen molar-refractivity contribution in [3.8, 4) is 0 Å². The maximum absolute atomic E-state index is 11.8. The van der Waals surface area contributed by atoms with Crippen molar-refractivity contribution in [3.63, 3.8) is 0 Å². The molecule has 5 heteroatoms. The van der Waals surface area contributed by atoms with Gasteiger partial charge in [-0.05, 0) is 25.0 Å².